The monoisotopic (exact) mass is 445 g/mol. The first-order chi connectivity index (χ1) is 16.0. The van der Waals surface area contributed by atoms with Crippen LogP contribution in [-0.4, -0.2) is 30.5 Å². The number of nitrogens with one attached hydrogen (secondary N) is 1. The molecule has 1 heterocycles. The van der Waals surface area contributed by atoms with Crippen molar-refractivity contribution in [2.75, 3.05) is 13.7 Å². The molecule has 1 fully saturated rings. The molecule has 4 rings (SSSR count). The van der Waals surface area contributed by atoms with Crippen LogP contribution in [0.3, 0.4) is 0 Å². The minimum absolute atomic E-state index is 0.0928. The van der Waals surface area contributed by atoms with Crippen LogP contribution >= 0.6 is 0 Å². The number of para-hydroxylation sites is 1. The maximum atomic E-state index is 12.3. The summed E-state index contributed by atoms with van der Waals surface area (Å²) in [6.07, 6.45) is 5.26. The number of nitrogens with two attached hydrogens (primary N) is 1. The van der Waals surface area contributed by atoms with E-state index in [0.29, 0.717) is 30.4 Å². The Bertz CT molecular complexity index is 1120. The Kier molecular flexibility index (Phi) is 7.23. The Morgan fingerprint density at radius 3 is 2.48 bits per heavy atom. The molecule has 0 spiro atoms. The van der Waals surface area contributed by atoms with Crippen LogP contribution in [0, 0.1) is 5.92 Å². The lowest BCUT2D eigenvalue weighted by atomic mass is 9.80. The van der Waals surface area contributed by atoms with Gasteiger partial charge in [-0.1, -0.05) is 30.3 Å². The predicted octanol–water partition coefficient (Wildman–Crippen LogP) is 4.37. The van der Waals surface area contributed by atoms with Crippen molar-refractivity contribution in [3.8, 4) is 5.75 Å². The molecule has 1 aliphatic rings. The number of pyridine rings is 1. The fraction of sp³-hybridized carbons (Fsp3) is 0.370. The molecule has 6 heteroatoms. The maximum absolute atomic E-state index is 12.3. The number of hydrogen-bond acceptors (Lipinski definition) is 4. The van der Waals surface area contributed by atoms with Crippen LogP contribution < -0.4 is 15.8 Å². The van der Waals surface area contributed by atoms with Crippen LogP contribution in [-0.2, 0) is 11.2 Å². The number of rotatable bonds is 8. The van der Waals surface area contributed by atoms with Crippen molar-refractivity contribution < 1.29 is 14.3 Å². The summed E-state index contributed by atoms with van der Waals surface area (Å²) in [5.74, 6) is 1.29. The molecule has 3 aromatic rings. The molecule has 172 valence electrons. The van der Waals surface area contributed by atoms with Crippen molar-refractivity contribution in [3.05, 3.63) is 71.4 Å². The zero-order valence-corrected chi connectivity index (χ0v) is 19.0. The number of fused-ring (bicyclic) bond motifs is 1. The number of carbonyl (C=O) groups is 2. The number of amides is 2. The molecule has 33 heavy (non-hydrogen) atoms. The number of aryl methyl sites for hydroxylation is 1. The van der Waals surface area contributed by atoms with Crippen LogP contribution in [0.2, 0.25) is 0 Å². The van der Waals surface area contributed by atoms with Crippen molar-refractivity contribution in [2.24, 2.45) is 11.7 Å². The molecular formula is C27H31N3O3. The summed E-state index contributed by atoms with van der Waals surface area (Å²) in [6, 6.07) is 17.3. The first kappa shape index (κ1) is 22.8. The van der Waals surface area contributed by atoms with Crippen LogP contribution in [0.1, 0.15) is 59.6 Å². The van der Waals surface area contributed by atoms with E-state index in [0.717, 1.165) is 60.0 Å². The standard InChI is InChI=1S/C27H31N3O3/c1-33-21-13-8-18(9-14-21)10-15-26(31)29-17-19-6-11-20(12-7-19)25-16-23(27(28)32)22-4-2-3-5-24(22)30-25/h2-5,8-9,13-14,16,19-20H,6-7,10-12,15,17H2,1H3,(H2,28,32)(H,29,31). The van der Waals surface area contributed by atoms with Gasteiger partial charge in [-0.05, 0) is 67.9 Å². The third kappa shape index (κ3) is 5.69. The second-order valence-electron chi connectivity index (χ2n) is 8.85. The zero-order valence-electron chi connectivity index (χ0n) is 19.0. The molecule has 1 aromatic heterocycles. The first-order valence-electron chi connectivity index (χ1n) is 11.6. The highest BCUT2D eigenvalue weighted by Gasteiger charge is 2.25. The molecule has 2 aromatic carbocycles. The number of hydrogen-bond donors (Lipinski definition) is 2. The highest BCUT2D eigenvalue weighted by molar-refractivity contribution is 6.05. The van der Waals surface area contributed by atoms with E-state index in [1.54, 1.807) is 7.11 Å². The predicted molar refractivity (Wildman–Crippen MR) is 129 cm³/mol. The lowest BCUT2D eigenvalue weighted by Gasteiger charge is -2.28. The fourth-order valence-corrected chi connectivity index (χ4v) is 4.67. The van der Waals surface area contributed by atoms with Crippen molar-refractivity contribution in [2.45, 2.75) is 44.4 Å². The first-order valence-corrected chi connectivity index (χ1v) is 11.6. The number of nitrogens with zero attached hydrogens (tertiary/aromatic N) is 1. The minimum atomic E-state index is -0.416. The van der Waals surface area contributed by atoms with Gasteiger partial charge in [-0.3, -0.25) is 14.6 Å². The average molecular weight is 446 g/mol. The van der Waals surface area contributed by atoms with Crippen molar-refractivity contribution in [3.63, 3.8) is 0 Å². The number of aromatic nitrogens is 1. The molecular weight excluding hydrogens is 414 g/mol. The maximum Gasteiger partial charge on any atom is 0.249 e. The van der Waals surface area contributed by atoms with Gasteiger partial charge in [0.1, 0.15) is 5.75 Å². The minimum Gasteiger partial charge on any atom is -0.497 e. The van der Waals surface area contributed by atoms with Crippen molar-refractivity contribution >= 4 is 22.7 Å². The Morgan fingerprint density at radius 1 is 1.06 bits per heavy atom. The Labute approximate surface area is 194 Å². The van der Waals surface area contributed by atoms with Crippen LogP contribution in [0.4, 0.5) is 0 Å². The molecule has 0 radical (unpaired) electrons. The Balaban J connectivity index is 1.27. The average Bonchev–Trinajstić information content (AvgIpc) is 2.86. The zero-order chi connectivity index (χ0) is 23.2. The molecule has 0 bridgehead atoms. The number of benzene rings is 2. The van der Waals surface area contributed by atoms with Crippen molar-refractivity contribution in [1.29, 1.82) is 0 Å². The second-order valence-corrected chi connectivity index (χ2v) is 8.85. The topological polar surface area (TPSA) is 94.3 Å². The van der Waals surface area contributed by atoms with E-state index in [9.17, 15) is 9.59 Å². The normalized spacial score (nSPS) is 18.1. The third-order valence-corrected chi connectivity index (χ3v) is 6.65. The van der Waals surface area contributed by atoms with Gasteiger partial charge in [0, 0.05) is 30.0 Å². The summed E-state index contributed by atoms with van der Waals surface area (Å²) in [6.45, 7) is 0.714. The van der Waals surface area contributed by atoms with Gasteiger partial charge in [-0.15, -0.1) is 0 Å². The summed E-state index contributed by atoms with van der Waals surface area (Å²) in [5.41, 5.74) is 9.07. The van der Waals surface area contributed by atoms with E-state index in [1.165, 1.54) is 0 Å². The third-order valence-electron chi connectivity index (χ3n) is 6.65. The molecule has 0 aliphatic heterocycles. The number of primary amides is 1. The summed E-state index contributed by atoms with van der Waals surface area (Å²) >= 11 is 0. The Morgan fingerprint density at radius 2 is 1.79 bits per heavy atom. The molecule has 0 atom stereocenters. The van der Waals surface area contributed by atoms with E-state index in [4.69, 9.17) is 15.5 Å². The van der Waals surface area contributed by atoms with E-state index >= 15 is 0 Å². The molecule has 6 nitrogen and oxygen atoms in total. The van der Waals surface area contributed by atoms with Crippen LogP contribution in [0.5, 0.6) is 5.75 Å². The second kappa shape index (κ2) is 10.5. The molecule has 0 saturated heterocycles. The van der Waals surface area contributed by atoms with Gasteiger partial charge in [0.15, 0.2) is 0 Å². The molecule has 2 amide bonds. The Hall–Kier alpha value is -3.41. The number of carbonyl (C=O) groups excluding carboxylic acids is 2. The fourth-order valence-electron chi connectivity index (χ4n) is 4.67. The van der Waals surface area contributed by atoms with Crippen LogP contribution in [0.25, 0.3) is 10.9 Å². The highest BCUT2D eigenvalue weighted by atomic mass is 16.5. The molecule has 0 unspecified atom stereocenters. The van der Waals surface area contributed by atoms with Crippen molar-refractivity contribution in [1.82, 2.24) is 10.3 Å². The van der Waals surface area contributed by atoms with E-state index in [1.807, 2.05) is 54.6 Å². The summed E-state index contributed by atoms with van der Waals surface area (Å²) < 4.78 is 5.17. The lowest BCUT2D eigenvalue weighted by molar-refractivity contribution is -0.121. The van der Waals surface area contributed by atoms with Gasteiger partial charge in [0.2, 0.25) is 11.8 Å². The van der Waals surface area contributed by atoms with Gasteiger partial charge < -0.3 is 15.8 Å². The summed E-state index contributed by atoms with van der Waals surface area (Å²) in [5, 5.41) is 3.91. The van der Waals surface area contributed by atoms with E-state index < -0.39 is 5.91 Å². The molecule has 3 N–H and O–H groups in total. The van der Waals surface area contributed by atoms with E-state index in [2.05, 4.69) is 5.32 Å². The van der Waals surface area contributed by atoms with E-state index in [-0.39, 0.29) is 5.91 Å². The number of ether oxygens (including phenoxy) is 1. The quantitative estimate of drug-likeness (QED) is 0.538. The highest BCUT2D eigenvalue weighted by Crippen LogP contribution is 2.36. The van der Waals surface area contributed by atoms with Gasteiger partial charge >= 0.3 is 0 Å². The van der Waals surface area contributed by atoms with Gasteiger partial charge in [-0.2, -0.15) is 0 Å². The summed E-state index contributed by atoms with van der Waals surface area (Å²) in [4.78, 5) is 29.1. The van der Waals surface area contributed by atoms with Gasteiger partial charge in [-0.25, -0.2) is 0 Å². The smallest absolute Gasteiger partial charge is 0.249 e. The van der Waals surface area contributed by atoms with Crippen LogP contribution in [0.15, 0.2) is 54.6 Å². The molecule has 1 aliphatic carbocycles. The SMILES string of the molecule is COc1ccc(CCC(=O)NCC2CCC(c3cc(C(N)=O)c4ccccc4n3)CC2)cc1. The lowest BCUT2D eigenvalue weighted by Crippen LogP contribution is -2.31. The van der Waals surface area contributed by atoms with Gasteiger partial charge in [0.25, 0.3) is 0 Å². The largest absolute Gasteiger partial charge is 0.497 e. The molecule has 1 saturated carbocycles. The summed E-state index contributed by atoms with van der Waals surface area (Å²) in [7, 11) is 1.65. The number of methoxy groups -OCH3 is 1. The van der Waals surface area contributed by atoms with Gasteiger partial charge in [0.05, 0.1) is 18.2 Å².